The predicted molar refractivity (Wildman–Crippen MR) is 79.3 cm³/mol. The van der Waals surface area contributed by atoms with Gasteiger partial charge in [-0.2, -0.15) is 5.26 Å². The van der Waals surface area contributed by atoms with Crippen LogP contribution in [0.2, 0.25) is 5.02 Å². The summed E-state index contributed by atoms with van der Waals surface area (Å²) in [4.78, 5) is 16.5. The van der Waals surface area contributed by atoms with Crippen LogP contribution in [0.3, 0.4) is 0 Å². The molecule has 0 atom stereocenters. The molecule has 1 aromatic carbocycles. The van der Waals surface area contributed by atoms with E-state index in [1.165, 1.54) is 10.9 Å². The van der Waals surface area contributed by atoms with Gasteiger partial charge in [0.25, 0.3) is 5.56 Å². The van der Waals surface area contributed by atoms with Crippen LogP contribution in [0.15, 0.2) is 53.6 Å². The van der Waals surface area contributed by atoms with Crippen molar-refractivity contribution < 1.29 is 0 Å². The zero-order chi connectivity index (χ0) is 14.8. The minimum atomic E-state index is -0.213. The summed E-state index contributed by atoms with van der Waals surface area (Å²) in [5.41, 5.74) is 1.59. The Morgan fingerprint density at radius 3 is 2.57 bits per heavy atom. The smallest absolute Gasteiger partial charge is 0.280 e. The number of aromatic nitrogens is 3. The van der Waals surface area contributed by atoms with Gasteiger partial charge in [-0.1, -0.05) is 23.7 Å². The van der Waals surface area contributed by atoms with Crippen LogP contribution in [0, 0.1) is 11.3 Å². The van der Waals surface area contributed by atoms with Crippen molar-refractivity contribution in [1.29, 1.82) is 5.26 Å². The molecule has 0 aliphatic rings. The number of hydrogen-bond donors (Lipinski definition) is 1. The molecule has 0 bridgehead atoms. The van der Waals surface area contributed by atoms with Gasteiger partial charge >= 0.3 is 0 Å². The maximum Gasteiger partial charge on any atom is 0.280 e. The fraction of sp³-hybridized carbons (Fsp3) is 0. The van der Waals surface area contributed by atoms with Crippen molar-refractivity contribution in [2.75, 3.05) is 0 Å². The highest BCUT2D eigenvalue weighted by atomic mass is 35.5. The van der Waals surface area contributed by atoms with Crippen molar-refractivity contribution in [2.24, 2.45) is 0 Å². The Hall–Kier alpha value is -2.84. The van der Waals surface area contributed by atoms with Gasteiger partial charge in [0.1, 0.15) is 0 Å². The molecule has 1 N–H and O–H groups in total. The van der Waals surface area contributed by atoms with Crippen LogP contribution < -0.4 is 5.56 Å². The normalized spacial score (nSPS) is 10.3. The van der Waals surface area contributed by atoms with E-state index in [2.05, 4.69) is 10.1 Å². The Morgan fingerprint density at radius 2 is 1.95 bits per heavy atom. The molecule has 2 heterocycles. The number of nitrogens with one attached hydrogen (secondary N) is 1. The minimum absolute atomic E-state index is 0.213. The third-order valence-electron chi connectivity index (χ3n) is 3.04. The van der Waals surface area contributed by atoms with Gasteiger partial charge in [-0.3, -0.25) is 9.89 Å². The predicted octanol–water partition coefficient (Wildman–Crippen LogP) is 2.75. The van der Waals surface area contributed by atoms with E-state index in [4.69, 9.17) is 16.9 Å². The van der Waals surface area contributed by atoms with Gasteiger partial charge in [-0.25, -0.2) is 9.67 Å². The minimum Gasteiger partial charge on any atom is -0.296 e. The summed E-state index contributed by atoms with van der Waals surface area (Å²) >= 11 is 5.78. The molecule has 0 amide bonds. The summed E-state index contributed by atoms with van der Waals surface area (Å²) in [6, 6.07) is 12.2. The van der Waals surface area contributed by atoms with E-state index in [9.17, 15) is 4.79 Å². The van der Waals surface area contributed by atoms with Gasteiger partial charge in [0.15, 0.2) is 5.82 Å². The highest BCUT2D eigenvalue weighted by molar-refractivity contribution is 6.30. The van der Waals surface area contributed by atoms with Crippen LogP contribution in [0.25, 0.3) is 16.9 Å². The second-order valence-electron chi connectivity index (χ2n) is 4.35. The van der Waals surface area contributed by atoms with E-state index < -0.39 is 0 Å². The van der Waals surface area contributed by atoms with Gasteiger partial charge < -0.3 is 0 Å². The number of nitriles is 1. The molecule has 0 aliphatic carbocycles. The van der Waals surface area contributed by atoms with Crippen LogP contribution in [0.5, 0.6) is 0 Å². The average Bonchev–Trinajstić information content (AvgIpc) is 2.90. The molecule has 0 radical (unpaired) electrons. The molecular formula is C15H9ClN4O. The molecule has 102 valence electrons. The number of aromatic amines is 1. The average molecular weight is 297 g/mol. The van der Waals surface area contributed by atoms with E-state index in [1.807, 2.05) is 6.07 Å². The second-order valence-corrected chi connectivity index (χ2v) is 4.79. The highest BCUT2D eigenvalue weighted by Crippen LogP contribution is 2.16. The largest absolute Gasteiger partial charge is 0.296 e. The lowest BCUT2D eigenvalue weighted by atomic mass is 10.1. The van der Waals surface area contributed by atoms with E-state index in [0.717, 1.165) is 5.56 Å². The van der Waals surface area contributed by atoms with Crippen molar-refractivity contribution in [3.8, 4) is 23.0 Å². The molecule has 0 saturated carbocycles. The lowest BCUT2D eigenvalue weighted by Crippen LogP contribution is -2.16. The van der Waals surface area contributed by atoms with Crippen LogP contribution >= 0.6 is 11.6 Å². The number of hydrogen-bond acceptors (Lipinski definition) is 3. The Labute approximate surface area is 125 Å². The molecule has 0 unspecified atom stereocenters. The van der Waals surface area contributed by atoms with Gasteiger partial charge in [0, 0.05) is 12.4 Å². The number of halogens is 1. The highest BCUT2D eigenvalue weighted by Gasteiger charge is 2.10. The summed E-state index contributed by atoms with van der Waals surface area (Å²) in [6.07, 6.45) is 3.09. The quantitative estimate of drug-likeness (QED) is 0.790. The monoisotopic (exact) mass is 296 g/mol. The fourth-order valence-electron chi connectivity index (χ4n) is 1.97. The van der Waals surface area contributed by atoms with E-state index in [1.54, 1.807) is 42.6 Å². The Kier molecular flexibility index (Phi) is 3.30. The summed E-state index contributed by atoms with van der Waals surface area (Å²) in [7, 11) is 0. The van der Waals surface area contributed by atoms with Crippen molar-refractivity contribution in [3.05, 3.63) is 69.7 Å². The zero-order valence-electron chi connectivity index (χ0n) is 10.7. The maximum absolute atomic E-state index is 12.4. The molecule has 21 heavy (non-hydrogen) atoms. The fourth-order valence-corrected chi connectivity index (χ4v) is 2.08. The molecule has 3 aromatic rings. The molecule has 0 aliphatic heterocycles. The zero-order valence-corrected chi connectivity index (χ0v) is 11.5. The standard InChI is InChI=1S/C15H9ClN4O/c16-12-5-6-14(18-8-12)20-15(21)13(9-19-20)11-3-1-10(7-17)2-4-11/h1-6,8-9,19H. The van der Waals surface area contributed by atoms with Crippen LogP contribution in [0.4, 0.5) is 0 Å². The van der Waals surface area contributed by atoms with Crippen LogP contribution in [-0.4, -0.2) is 14.8 Å². The molecule has 0 saturated heterocycles. The van der Waals surface area contributed by atoms with Crippen molar-refractivity contribution in [2.45, 2.75) is 0 Å². The topological polar surface area (TPSA) is 74.5 Å². The first-order chi connectivity index (χ1) is 10.2. The van der Waals surface area contributed by atoms with Crippen molar-refractivity contribution in [1.82, 2.24) is 14.8 Å². The number of pyridine rings is 1. The van der Waals surface area contributed by atoms with Gasteiger partial charge in [0.2, 0.25) is 0 Å². The SMILES string of the molecule is N#Cc1ccc(-c2c[nH]n(-c3ccc(Cl)cn3)c2=O)cc1. The second kappa shape index (κ2) is 5.27. The van der Waals surface area contributed by atoms with Gasteiger partial charge in [-0.15, -0.1) is 0 Å². The first-order valence-electron chi connectivity index (χ1n) is 6.12. The maximum atomic E-state index is 12.4. The lowest BCUT2D eigenvalue weighted by Gasteiger charge is -1.99. The Bertz CT molecular complexity index is 870. The number of benzene rings is 1. The number of rotatable bonds is 2. The first kappa shape index (κ1) is 13.2. The molecule has 2 aromatic heterocycles. The van der Waals surface area contributed by atoms with E-state index in [-0.39, 0.29) is 5.56 Å². The molecule has 5 nitrogen and oxygen atoms in total. The first-order valence-corrected chi connectivity index (χ1v) is 6.50. The van der Waals surface area contributed by atoms with Crippen LogP contribution in [0.1, 0.15) is 5.56 Å². The third kappa shape index (κ3) is 2.45. The van der Waals surface area contributed by atoms with E-state index >= 15 is 0 Å². The number of H-pyrrole nitrogens is 1. The van der Waals surface area contributed by atoms with Crippen LogP contribution in [-0.2, 0) is 0 Å². The molecular weight excluding hydrogens is 288 g/mol. The van der Waals surface area contributed by atoms with Crippen molar-refractivity contribution >= 4 is 11.6 Å². The molecule has 0 fully saturated rings. The van der Waals surface area contributed by atoms with Gasteiger partial charge in [-0.05, 0) is 29.8 Å². The summed E-state index contributed by atoms with van der Waals surface area (Å²) in [6.45, 7) is 0. The third-order valence-corrected chi connectivity index (χ3v) is 3.26. The summed E-state index contributed by atoms with van der Waals surface area (Å²) in [5.74, 6) is 0.462. The van der Waals surface area contributed by atoms with Gasteiger partial charge in [0.05, 0.1) is 22.2 Å². The number of nitrogens with zero attached hydrogens (tertiary/aromatic N) is 3. The molecule has 6 heteroatoms. The van der Waals surface area contributed by atoms with Crippen molar-refractivity contribution in [3.63, 3.8) is 0 Å². The summed E-state index contributed by atoms with van der Waals surface area (Å²) in [5, 5.41) is 12.2. The van der Waals surface area contributed by atoms with E-state index in [0.29, 0.717) is 22.0 Å². The Morgan fingerprint density at radius 1 is 1.19 bits per heavy atom. The lowest BCUT2D eigenvalue weighted by molar-refractivity contribution is 0.819. The summed E-state index contributed by atoms with van der Waals surface area (Å²) < 4.78 is 1.34. The Balaban J connectivity index is 2.04. The molecule has 3 rings (SSSR count). The molecule has 0 spiro atoms.